The second kappa shape index (κ2) is 8.55. The average Bonchev–Trinajstić information content (AvgIpc) is 3.50. The maximum Gasteiger partial charge on any atom is 0.227 e. The zero-order chi connectivity index (χ0) is 21.4. The molecule has 1 amide bonds. The Balaban J connectivity index is 1.28. The molecule has 2 fully saturated rings. The van der Waals surface area contributed by atoms with Crippen molar-refractivity contribution in [3.8, 4) is 0 Å². The first-order valence-corrected chi connectivity index (χ1v) is 11.8. The molecule has 4 heterocycles. The number of hydrogen-bond acceptors (Lipinski definition) is 7. The molecule has 1 aliphatic carbocycles. The van der Waals surface area contributed by atoms with Crippen molar-refractivity contribution in [1.82, 2.24) is 25.0 Å². The molecule has 166 valence electrons. The molecule has 5 rings (SSSR count). The Morgan fingerprint density at radius 3 is 2.74 bits per heavy atom. The van der Waals surface area contributed by atoms with Crippen LogP contribution in [0.1, 0.15) is 73.2 Å². The molecule has 1 saturated carbocycles. The van der Waals surface area contributed by atoms with Crippen LogP contribution in [-0.4, -0.2) is 57.1 Å². The number of hydrogen-bond donors (Lipinski definition) is 0. The number of aromatic nitrogens is 4. The van der Waals surface area contributed by atoms with Crippen LogP contribution in [0, 0.1) is 19.8 Å². The molecule has 3 aliphatic rings. The van der Waals surface area contributed by atoms with E-state index in [0.717, 1.165) is 62.2 Å². The highest BCUT2D eigenvalue weighted by molar-refractivity contribution is 5.76. The van der Waals surface area contributed by atoms with Crippen LogP contribution >= 0.6 is 0 Å². The van der Waals surface area contributed by atoms with Gasteiger partial charge >= 0.3 is 0 Å². The normalized spacial score (nSPS) is 21.3. The van der Waals surface area contributed by atoms with Crippen molar-refractivity contribution in [2.45, 2.75) is 71.1 Å². The summed E-state index contributed by atoms with van der Waals surface area (Å²) in [6.07, 6.45) is 7.88. The smallest absolute Gasteiger partial charge is 0.227 e. The number of anilines is 1. The molecule has 0 unspecified atom stereocenters. The highest BCUT2D eigenvalue weighted by Gasteiger charge is 2.31. The van der Waals surface area contributed by atoms with Gasteiger partial charge in [-0.05, 0) is 58.3 Å². The van der Waals surface area contributed by atoms with E-state index in [1.165, 1.54) is 24.8 Å². The van der Waals surface area contributed by atoms with E-state index in [9.17, 15) is 4.79 Å². The Labute approximate surface area is 183 Å². The molecule has 2 aromatic heterocycles. The van der Waals surface area contributed by atoms with E-state index in [1.54, 1.807) is 6.92 Å². The van der Waals surface area contributed by atoms with Crippen LogP contribution in [0.4, 0.5) is 5.82 Å². The summed E-state index contributed by atoms with van der Waals surface area (Å²) in [6, 6.07) is 0. The van der Waals surface area contributed by atoms with Crippen molar-refractivity contribution < 1.29 is 9.32 Å². The first-order chi connectivity index (χ1) is 15.1. The summed E-state index contributed by atoms with van der Waals surface area (Å²) in [6.45, 7) is 7.65. The number of nitrogens with zero attached hydrogens (tertiary/aromatic N) is 6. The van der Waals surface area contributed by atoms with E-state index in [4.69, 9.17) is 14.5 Å². The van der Waals surface area contributed by atoms with Crippen molar-refractivity contribution in [2.24, 2.45) is 5.92 Å². The van der Waals surface area contributed by atoms with Crippen molar-refractivity contribution in [3.63, 3.8) is 0 Å². The SMILES string of the molecule is Cc1noc(CCC(=O)N2CCC[C@H](c3nc(C)c4c(n3)N(CC3CC3)CCC4)C2)n1. The van der Waals surface area contributed by atoms with Crippen LogP contribution in [0.2, 0.25) is 0 Å². The van der Waals surface area contributed by atoms with E-state index >= 15 is 0 Å². The number of carbonyl (C=O) groups is 1. The minimum absolute atomic E-state index is 0.144. The Bertz CT molecular complexity index is 954. The van der Waals surface area contributed by atoms with E-state index in [0.29, 0.717) is 31.1 Å². The number of rotatable bonds is 6. The quantitative estimate of drug-likeness (QED) is 0.704. The molecule has 8 heteroatoms. The summed E-state index contributed by atoms with van der Waals surface area (Å²) in [5, 5.41) is 3.80. The van der Waals surface area contributed by atoms with E-state index in [2.05, 4.69) is 22.0 Å². The van der Waals surface area contributed by atoms with Gasteiger partial charge in [-0.3, -0.25) is 4.79 Å². The fourth-order valence-corrected chi connectivity index (χ4v) is 4.91. The van der Waals surface area contributed by atoms with Gasteiger partial charge in [-0.15, -0.1) is 0 Å². The molecular formula is C23H32N6O2. The van der Waals surface area contributed by atoms with Gasteiger partial charge in [0.05, 0.1) is 0 Å². The lowest BCUT2D eigenvalue weighted by atomic mass is 9.95. The number of carbonyl (C=O) groups excluding carboxylic acids is 1. The Hall–Kier alpha value is -2.51. The van der Waals surface area contributed by atoms with E-state index in [-0.39, 0.29) is 11.8 Å². The molecule has 0 aromatic carbocycles. The van der Waals surface area contributed by atoms with Gasteiger partial charge in [0, 0.05) is 56.2 Å². The topological polar surface area (TPSA) is 88.2 Å². The lowest BCUT2D eigenvalue weighted by Gasteiger charge is -2.34. The van der Waals surface area contributed by atoms with Crippen molar-refractivity contribution in [2.75, 3.05) is 31.1 Å². The highest BCUT2D eigenvalue weighted by Crippen LogP contribution is 2.36. The van der Waals surface area contributed by atoms with Crippen LogP contribution in [-0.2, 0) is 17.6 Å². The molecule has 1 saturated heterocycles. The maximum atomic E-state index is 12.8. The lowest BCUT2D eigenvalue weighted by molar-refractivity contribution is -0.132. The minimum Gasteiger partial charge on any atom is -0.356 e. The summed E-state index contributed by atoms with van der Waals surface area (Å²) in [7, 11) is 0. The number of likely N-dealkylation sites (tertiary alicyclic amines) is 1. The van der Waals surface area contributed by atoms with Gasteiger partial charge in [-0.1, -0.05) is 5.16 Å². The fourth-order valence-electron chi connectivity index (χ4n) is 4.91. The molecule has 0 radical (unpaired) electrons. The zero-order valence-corrected chi connectivity index (χ0v) is 18.6. The predicted octanol–water partition coefficient (Wildman–Crippen LogP) is 2.98. The fraction of sp³-hybridized carbons (Fsp3) is 0.696. The van der Waals surface area contributed by atoms with Crippen molar-refractivity contribution in [3.05, 3.63) is 28.8 Å². The lowest BCUT2D eigenvalue weighted by Crippen LogP contribution is -2.40. The zero-order valence-electron chi connectivity index (χ0n) is 18.6. The first kappa shape index (κ1) is 20.4. The van der Waals surface area contributed by atoms with Crippen LogP contribution in [0.5, 0.6) is 0 Å². The second-order valence-corrected chi connectivity index (χ2v) is 9.38. The standard InChI is InChI=1S/C23H32N6O2/c1-15-19-6-4-12-29(13-17-7-8-17)23(19)26-22(24-15)18-5-3-11-28(14-18)21(30)10-9-20-25-16(2)27-31-20/h17-18H,3-14H2,1-2H3/t18-/m0/s1. The molecule has 0 N–H and O–H groups in total. The van der Waals surface area contributed by atoms with Gasteiger partial charge in [0.25, 0.3) is 0 Å². The number of piperidine rings is 1. The van der Waals surface area contributed by atoms with Crippen molar-refractivity contribution in [1.29, 1.82) is 0 Å². The monoisotopic (exact) mass is 424 g/mol. The van der Waals surface area contributed by atoms with Crippen LogP contribution < -0.4 is 4.90 Å². The molecule has 8 nitrogen and oxygen atoms in total. The van der Waals surface area contributed by atoms with E-state index in [1.807, 2.05) is 4.90 Å². The van der Waals surface area contributed by atoms with Crippen molar-refractivity contribution >= 4 is 11.7 Å². The Morgan fingerprint density at radius 2 is 1.97 bits per heavy atom. The Morgan fingerprint density at radius 1 is 1.10 bits per heavy atom. The highest BCUT2D eigenvalue weighted by atomic mass is 16.5. The third kappa shape index (κ3) is 4.57. The first-order valence-electron chi connectivity index (χ1n) is 11.8. The Kier molecular flexibility index (Phi) is 5.63. The van der Waals surface area contributed by atoms with Gasteiger partial charge in [0.15, 0.2) is 5.82 Å². The molecule has 31 heavy (non-hydrogen) atoms. The molecular weight excluding hydrogens is 392 g/mol. The third-order valence-electron chi connectivity index (χ3n) is 6.80. The third-order valence-corrected chi connectivity index (χ3v) is 6.80. The number of aryl methyl sites for hydroxylation is 3. The minimum atomic E-state index is 0.144. The molecule has 2 aromatic rings. The largest absolute Gasteiger partial charge is 0.356 e. The van der Waals surface area contributed by atoms with Crippen LogP contribution in [0.25, 0.3) is 0 Å². The van der Waals surface area contributed by atoms with Gasteiger partial charge < -0.3 is 14.3 Å². The van der Waals surface area contributed by atoms with Gasteiger partial charge in [0.1, 0.15) is 11.6 Å². The number of amides is 1. The molecule has 1 atom stereocenters. The summed E-state index contributed by atoms with van der Waals surface area (Å²) < 4.78 is 5.14. The van der Waals surface area contributed by atoms with Gasteiger partial charge in [0.2, 0.25) is 11.8 Å². The summed E-state index contributed by atoms with van der Waals surface area (Å²) >= 11 is 0. The van der Waals surface area contributed by atoms with Crippen LogP contribution in [0.3, 0.4) is 0 Å². The second-order valence-electron chi connectivity index (χ2n) is 9.38. The molecule has 0 spiro atoms. The summed E-state index contributed by atoms with van der Waals surface area (Å²) in [5.74, 6) is 4.41. The van der Waals surface area contributed by atoms with Gasteiger partial charge in [-0.25, -0.2) is 9.97 Å². The summed E-state index contributed by atoms with van der Waals surface area (Å²) in [5.41, 5.74) is 2.45. The van der Waals surface area contributed by atoms with E-state index < -0.39 is 0 Å². The molecule has 0 bridgehead atoms. The average molecular weight is 425 g/mol. The van der Waals surface area contributed by atoms with Crippen LogP contribution in [0.15, 0.2) is 4.52 Å². The number of fused-ring (bicyclic) bond motifs is 1. The van der Waals surface area contributed by atoms with Gasteiger partial charge in [-0.2, -0.15) is 4.98 Å². The molecule has 2 aliphatic heterocycles. The maximum absolute atomic E-state index is 12.8. The predicted molar refractivity (Wildman–Crippen MR) is 116 cm³/mol. The summed E-state index contributed by atoms with van der Waals surface area (Å²) in [4.78, 5) is 31.5.